The topological polar surface area (TPSA) is 37.3 Å². The van der Waals surface area contributed by atoms with E-state index in [0.29, 0.717) is 5.57 Å². The van der Waals surface area contributed by atoms with Gasteiger partial charge in [0.05, 0.1) is 6.61 Å². The van der Waals surface area contributed by atoms with Crippen LogP contribution in [0.3, 0.4) is 0 Å². The fraction of sp³-hybridized carbons (Fsp3) is 0.500. The number of hydrogen-bond acceptors (Lipinski definition) is 2. The molecule has 0 amide bonds. The highest BCUT2D eigenvalue weighted by atomic mass is 16.3. The highest BCUT2D eigenvalue weighted by Gasteiger charge is 1.89. The molecule has 0 saturated heterocycles. The van der Waals surface area contributed by atoms with Gasteiger partial charge in [-0.1, -0.05) is 0 Å². The Morgan fingerprint density at radius 2 is 2.12 bits per heavy atom. The molecule has 0 unspecified atom stereocenters. The number of allylic oxidation sites excluding steroid dienone is 1. The first-order chi connectivity index (χ1) is 3.72. The average Bonchev–Trinajstić information content (AvgIpc) is 1.84. The highest BCUT2D eigenvalue weighted by Crippen LogP contribution is 1.96. The van der Waals surface area contributed by atoms with E-state index < -0.39 is 0 Å². The van der Waals surface area contributed by atoms with E-state index in [1.54, 1.807) is 13.8 Å². The van der Waals surface area contributed by atoms with Crippen LogP contribution in [0.5, 0.6) is 0 Å². The number of aliphatic hydroxyl groups excluding tert-OH is 1. The molecule has 2 nitrogen and oxygen atoms in total. The zero-order chi connectivity index (χ0) is 6.57. The molecule has 0 aromatic heterocycles. The van der Waals surface area contributed by atoms with Crippen molar-refractivity contribution in [3.63, 3.8) is 0 Å². The molecule has 0 atom stereocenters. The maximum absolute atomic E-state index is 9.94. The lowest BCUT2D eigenvalue weighted by atomic mass is 10.2. The fourth-order valence-electron chi connectivity index (χ4n) is 0.225. The van der Waals surface area contributed by atoms with Crippen LogP contribution in [-0.2, 0) is 4.79 Å². The van der Waals surface area contributed by atoms with Gasteiger partial charge < -0.3 is 5.11 Å². The highest BCUT2D eigenvalue weighted by molar-refractivity contribution is 5.73. The first kappa shape index (κ1) is 7.37. The SMILES string of the molecule is CC(C=O)=C(C)CO. The molecule has 8 heavy (non-hydrogen) atoms. The minimum absolute atomic E-state index is 0.0232. The number of rotatable bonds is 2. The molecule has 0 aliphatic heterocycles. The Bertz CT molecular complexity index is 114. The zero-order valence-electron chi connectivity index (χ0n) is 5.14. The van der Waals surface area contributed by atoms with E-state index in [1.807, 2.05) is 0 Å². The first-order valence-corrected chi connectivity index (χ1v) is 2.44. The summed E-state index contributed by atoms with van der Waals surface area (Å²) in [5.74, 6) is 0. The van der Waals surface area contributed by atoms with Gasteiger partial charge in [0.25, 0.3) is 0 Å². The molecule has 0 bridgehead atoms. The van der Waals surface area contributed by atoms with Crippen molar-refractivity contribution < 1.29 is 9.90 Å². The monoisotopic (exact) mass is 114 g/mol. The third-order valence-electron chi connectivity index (χ3n) is 1.09. The van der Waals surface area contributed by atoms with Crippen molar-refractivity contribution in [2.24, 2.45) is 0 Å². The van der Waals surface area contributed by atoms with E-state index >= 15 is 0 Å². The van der Waals surface area contributed by atoms with E-state index in [9.17, 15) is 4.79 Å². The summed E-state index contributed by atoms with van der Waals surface area (Å²) in [4.78, 5) is 9.94. The van der Waals surface area contributed by atoms with Crippen LogP contribution in [0.25, 0.3) is 0 Å². The minimum atomic E-state index is -0.0232. The predicted octanol–water partition coefficient (Wildman–Crippen LogP) is 0.514. The Morgan fingerprint density at radius 3 is 2.25 bits per heavy atom. The van der Waals surface area contributed by atoms with Crippen LogP contribution in [-0.4, -0.2) is 18.0 Å². The Morgan fingerprint density at radius 1 is 1.62 bits per heavy atom. The van der Waals surface area contributed by atoms with Gasteiger partial charge in [0, 0.05) is 0 Å². The van der Waals surface area contributed by atoms with E-state index in [4.69, 9.17) is 5.11 Å². The smallest absolute Gasteiger partial charge is 0.145 e. The van der Waals surface area contributed by atoms with E-state index in [0.717, 1.165) is 11.9 Å². The number of aliphatic hydroxyl groups is 1. The summed E-state index contributed by atoms with van der Waals surface area (Å²) in [7, 11) is 0. The lowest BCUT2D eigenvalue weighted by Gasteiger charge is -1.93. The number of aldehydes is 1. The van der Waals surface area contributed by atoms with Gasteiger partial charge in [0.1, 0.15) is 6.29 Å². The Hall–Kier alpha value is -0.630. The molecule has 0 aliphatic carbocycles. The van der Waals surface area contributed by atoms with Crippen LogP contribution in [0.1, 0.15) is 13.8 Å². The van der Waals surface area contributed by atoms with Gasteiger partial charge in [0.2, 0.25) is 0 Å². The standard InChI is InChI=1S/C6H10O2/c1-5(3-7)6(2)4-8/h3,8H,4H2,1-2H3. The molecular weight excluding hydrogens is 104 g/mol. The molecule has 2 heteroatoms. The summed E-state index contributed by atoms with van der Waals surface area (Å²) >= 11 is 0. The van der Waals surface area contributed by atoms with Gasteiger partial charge in [-0.3, -0.25) is 4.79 Å². The van der Waals surface area contributed by atoms with Crippen LogP contribution in [0.15, 0.2) is 11.1 Å². The van der Waals surface area contributed by atoms with Gasteiger partial charge in [-0.25, -0.2) is 0 Å². The van der Waals surface area contributed by atoms with Crippen LogP contribution in [0.2, 0.25) is 0 Å². The third kappa shape index (κ3) is 1.89. The van der Waals surface area contributed by atoms with Gasteiger partial charge >= 0.3 is 0 Å². The third-order valence-corrected chi connectivity index (χ3v) is 1.09. The Balaban J connectivity index is 4.03. The summed E-state index contributed by atoms with van der Waals surface area (Å²) < 4.78 is 0. The maximum Gasteiger partial charge on any atom is 0.145 e. The van der Waals surface area contributed by atoms with Crippen molar-refractivity contribution in [2.75, 3.05) is 6.61 Å². The summed E-state index contributed by atoms with van der Waals surface area (Å²) in [6.45, 7) is 3.38. The average molecular weight is 114 g/mol. The van der Waals surface area contributed by atoms with Gasteiger partial charge in [-0.2, -0.15) is 0 Å². The molecule has 0 fully saturated rings. The molecule has 0 radical (unpaired) electrons. The van der Waals surface area contributed by atoms with Gasteiger partial charge in [-0.05, 0) is 25.0 Å². The van der Waals surface area contributed by atoms with Crippen LogP contribution in [0.4, 0.5) is 0 Å². The van der Waals surface area contributed by atoms with Crippen molar-refractivity contribution in [2.45, 2.75) is 13.8 Å². The van der Waals surface area contributed by atoms with Crippen molar-refractivity contribution in [3.05, 3.63) is 11.1 Å². The lowest BCUT2D eigenvalue weighted by Crippen LogP contribution is -1.89. The minimum Gasteiger partial charge on any atom is -0.392 e. The fourth-order valence-corrected chi connectivity index (χ4v) is 0.225. The molecule has 0 aliphatic rings. The lowest BCUT2D eigenvalue weighted by molar-refractivity contribution is -0.104. The number of carbonyl (C=O) groups is 1. The molecule has 0 aromatic carbocycles. The van der Waals surface area contributed by atoms with E-state index in [1.165, 1.54) is 0 Å². The molecule has 0 spiro atoms. The first-order valence-electron chi connectivity index (χ1n) is 2.44. The van der Waals surface area contributed by atoms with E-state index in [-0.39, 0.29) is 6.61 Å². The largest absolute Gasteiger partial charge is 0.392 e. The van der Waals surface area contributed by atoms with Crippen LogP contribution >= 0.6 is 0 Å². The molecule has 0 saturated carbocycles. The summed E-state index contributed by atoms with van der Waals surface area (Å²) in [6.07, 6.45) is 0.742. The van der Waals surface area contributed by atoms with Gasteiger partial charge in [0.15, 0.2) is 0 Å². The quantitative estimate of drug-likeness (QED) is 0.419. The zero-order valence-corrected chi connectivity index (χ0v) is 5.14. The summed E-state index contributed by atoms with van der Waals surface area (Å²) in [5.41, 5.74) is 1.35. The Kier molecular flexibility index (Phi) is 3.12. The molecule has 0 heterocycles. The van der Waals surface area contributed by atoms with Crippen molar-refractivity contribution >= 4 is 6.29 Å². The normalized spacial score (nSPS) is 12.9. The molecule has 46 valence electrons. The van der Waals surface area contributed by atoms with Crippen LogP contribution < -0.4 is 0 Å². The predicted molar refractivity (Wildman–Crippen MR) is 31.5 cm³/mol. The van der Waals surface area contributed by atoms with Gasteiger partial charge in [-0.15, -0.1) is 0 Å². The summed E-state index contributed by atoms with van der Waals surface area (Å²) in [6, 6.07) is 0. The summed E-state index contributed by atoms with van der Waals surface area (Å²) in [5, 5.41) is 8.42. The molecule has 1 N–H and O–H groups in total. The Labute approximate surface area is 48.8 Å². The van der Waals surface area contributed by atoms with Crippen molar-refractivity contribution in [1.29, 1.82) is 0 Å². The van der Waals surface area contributed by atoms with E-state index in [2.05, 4.69) is 0 Å². The second-order valence-electron chi connectivity index (χ2n) is 1.74. The van der Waals surface area contributed by atoms with Crippen LogP contribution in [0, 0.1) is 0 Å². The maximum atomic E-state index is 9.94. The number of carbonyl (C=O) groups excluding carboxylic acids is 1. The van der Waals surface area contributed by atoms with Crippen molar-refractivity contribution in [1.82, 2.24) is 0 Å². The molecular formula is C6H10O2. The molecule has 0 rings (SSSR count). The number of hydrogen-bond donors (Lipinski definition) is 1. The second-order valence-corrected chi connectivity index (χ2v) is 1.74. The van der Waals surface area contributed by atoms with Crippen molar-refractivity contribution in [3.8, 4) is 0 Å². The molecule has 0 aromatic rings. The second kappa shape index (κ2) is 3.38.